The van der Waals surface area contributed by atoms with Gasteiger partial charge in [-0.1, -0.05) is 30.3 Å². The van der Waals surface area contributed by atoms with Crippen molar-refractivity contribution in [2.24, 2.45) is 0 Å². The summed E-state index contributed by atoms with van der Waals surface area (Å²) < 4.78 is 5.68. The number of benzene rings is 2. The quantitative estimate of drug-likeness (QED) is 0.797. The molecule has 0 spiro atoms. The molecule has 1 aromatic heterocycles. The van der Waals surface area contributed by atoms with Crippen LogP contribution in [-0.2, 0) is 19.3 Å². The zero-order valence-corrected chi connectivity index (χ0v) is 11.7. The third kappa shape index (κ3) is 2.34. The second kappa shape index (κ2) is 5.01. The van der Waals surface area contributed by atoms with E-state index in [9.17, 15) is 5.11 Å². The Bertz CT molecular complexity index is 758. The summed E-state index contributed by atoms with van der Waals surface area (Å²) in [6, 6.07) is 14.0. The fourth-order valence-electron chi connectivity index (χ4n) is 3.09. The van der Waals surface area contributed by atoms with Crippen LogP contribution < -0.4 is 0 Å². The standard InChI is InChI=1S/C18H17NO2/c20-16(14-9-8-12-4-3-5-13(12)10-14)11-18-19-15-6-1-2-7-17(15)21-18/h1-2,6-10,16,20H,3-5,11H2. The number of aryl methyl sites for hydroxylation is 2. The van der Waals surface area contributed by atoms with Gasteiger partial charge in [-0.05, 0) is 48.1 Å². The summed E-state index contributed by atoms with van der Waals surface area (Å²) in [7, 11) is 0. The third-order valence-corrected chi connectivity index (χ3v) is 4.21. The van der Waals surface area contributed by atoms with Crippen LogP contribution in [0.15, 0.2) is 46.9 Å². The molecule has 0 saturated heterocycles. The van der Waals surface area contributed by atoms with Gasteiger partial charge in [0.2, 0.25) is 0 Å². The molecule has 1 unspecified atom stereocenters. The van der Waals surface area contributed by atoms with Gasteiger partial charge in [-0.15, -0.1) is 0 Å². The molecule has 3 nitrogen and oxygen atoms in total. The number of aromatic nitrogens is 1. The van der Waals surface area contributed by atoms with E-state index in [-0.39, 0.29) is 0 Å². The van der Waals surface area contributed by atoms with Crippen LogP contribution in [0, 0.1) is 0 Å². The lowest BCUT2D eigenvalue weighted by molar-refractivity contribution is 0.169. The lowest BCUT2D eigenvalue weighted by atomic mass is 10.0. The van der Waals surface area contributed by atoms with Crippen molar-refractivity contribution in [3.63, 3.8) is 0 Å². The molecule has 1 atom stereocenters. The minimum atomic E-state index is -0.566. The Labute approximate surface area is 123 Å². The normalized spacial score (nSPS) is 15.3. The number of hydrogen-bond acceptors (Lipinski definition) is 3. The first kappa shape index (κ1) is 12.6. The lowest BCUT2D eigenvalue weighted by Crippen LogP contribution is -2.03. The maximum Gasteiger partial charge on any atom is 0.198 e. The Kier molecular flexibility index (Phi) is 3.00. The topological polar surface area (TPSA) is 46.3 Å². The van der Waals surface area contributed by atoms with E-state index in [1.54, 1.807) is 0 Å². The molecule has 21 heavy (non-hydrogen) atoms. The fourth-order valence-corrected chi connectivity index (χ4v) is 3.09. The first-order valence-corrected chi connectivity index (χ1v) is 7.44. The summed E-state index contributed by atoms with van der Waals surface area (Å²) in [6.45, 7) is 0. The van der Waals surface area contributed by atoms with E-state index >= 15 is 0 Å². The summed E-state index contributed by atoms with van der Waals surface area (Å²) in [6.07, 6.45) is 3.35. The predicted octanol–water partition coefficient (Wildman–Crippen LogP) is 3.59. The van der Waals surface area contributed by atoms with Gasteiger partial charge >= 0.3 is 0 Å². The Hall–Kier alpha value is -2.13. The first-order chi connectivity index (χ1) is 10.3. The molecule has 3 heteroatoms. The van der Waals surface area contributed by atoms with E-state index < -0.39 is 6.10 Å². The van der Waals surface area contributed by atoms with Gasteiger partial charge in [-0.3, -0.25) is 0 Å². The monoisotopic (exact) mass is 279 g/mol. The van der Waals surface area contributed by atoms with Crippen molar-refractivity contribution in [3.8, 4) is 0 Å². The van der Waals surface area contributed by atoms with E-state index in [2.05, 4.69) is 17.1 Å². The van der Waals surface area contributed by atoms with Crippen LogP contribution in [0.4, 0.5) is 0 Å². The predicted molar refractivity (Wildman–Crippen MR) is 81.1 cm³/mol. The number of aliphatic hydroxyl groups is 1. The fraction of sp³-hybridized carbons (Fsp3) is 0.278. The molecule has 0 amide bonds. The van der Waals surface area contributed by atoms with Gasteiger partial charge in [0.05, 0.1) is 12.5 Å². The molecule has 1 aliphatic rings. The molecular weight excluding hydrogens is 262 g/mol. The highest BCUT2D eigenvalue weighted by atomic mass is 16.4. The zero-order valence-electron chi connectivity index (χ0n) is 11.7. The number of hydrogen-bond donors (Lipinski definition) is 1. The summed E-state index contributed by atoms with van der Waals surface area (Å²) >= 11 is 0. The molecule has 3 aromatic rings. The van der Waals surface area contributed by atoms with Crippen LogP contribution in [0.5, 0.6) is 0 Å². The second-order valence-electron chi connectivity index (χ2n) is 5.68. The molecule has 2 aromatic carbocycles. The highest BCUT2D eigenvalue weighted by Crippen LogP contribution is 2.27. The number of rotatable bonds is 3. The smallest absolute Gasteiger partial charge is 0.198 e. The third-order valence-electron chi connectivity index (χ3n) is 4.21. The first-order valence-electron chi connectivity index (χ1n) is 7.44. The van der Waals surface area contributed by atoms with Gasteiger partial charge in [-0.2, -0.15) is 0 Å². The Balaban J connectivity index is 1.58. The van der Waals surface area contributed by atoms with Crippen LogP contribution in [0.25, 0.3) is 11.1 Å². The molecule has 106 valence electrons. The van der Waals surface area contributed by atoms with Crippen LogP contribution >= 0.6 is 0 Å². The van der Waals surface area contributed by atoms with Crippen molar-refractivity contribution in [3.05, 3.63) is 65.0 Å². The second-order valence-corrected chi connectivity index (χ2v) is 5.68. The number of oxazole rings is 1. The molecule has 1 aliphatic carbocycles. The van der Waals surface area contributed by atoms with Gasteiger partial charge in [0.25, 0.3) is 0 Å². The van der Waals surface area contributed by atoms with Crippen molar-refractivity contribution in [2.75, 3.05) is 0 Å². The summed E-state index contributed by atoms with van der Waals surface area (Å²) in [5.74, 6) is 0.587. The largest absolute Gasteiger partial charge is 0.441 e. The van der Waals surface area contributed by atoms with Crippen LogP contribution in [-0.4, -0.2) is 10.1 Å². The van der Waals surface area contributed by atoms with Crippen molar-refractivity contribution in [1.82, 2.24) is 4.98 Å². The Morgan fingerprint density at radius 1 is 1.10 bits per heavy atom. The van der Waals surface area contributed by atoms with Crippen molar-refractivity contribution >= 4 is 11.1 Å². The highest BCUT2D eigenvalue weighted by Gasteiger charge is 2.17. The average Bonchev–Trinajstić information content (AvgIpc) is 3.11. The van der Waals surface area contributed by atoms with Crippen LogP contribution in [0.2, 0.25) is 0 Å². The number of aliphatic hydroxyl groups excluding tert-OH is 1. The molecule has 0 fully saturated rings. The lowest BCUT2D eigenvalue weighted by Gasteiger charge is -2.10. The molecule has 1 N–H and O–H groups in total. The Morgan fingerprint density at radius 2 is 1.95 bits per heavy atom. The highest BCUT2D eigenvalue weighted by molar-refractivity contribution is 5.72. The zero-order chi connectivity index (χ0) is 14.2. The molecule has 0 bridgehead atoms. The van der Waals surface area contributed by atoms with Crippen LogP contribution in [0.3, 0.4) is 0 Å². The Morgan fingerprint density at radius 3 is 2.86 bits per heavy atom. The van der Waals surface area contributed by atoms with Crippen LogP contribution in [0.1, 0.15) is 35.1 Å². The molecule has 0 aliphatic heterocycles. The van der Waals surface area contributed by atoms with E-state index in [0.717, 1.165) is 29.5 Å². The van der Waals surface area contributed by atoms with Crippen molar-refractivity contribution in [1.29, 1.82) is 0 Å². The van der Waals surface area contributed by atoms with E-state index in [1.165, 1.54) is 17.5 Å². The van der Waals surface area contributed by atoms with Crippen molar-refractivity contribution in [2.45, 2.75) is 31.8 Å². The van der Waals surface area contributed by atoms with Gasteiger partial charge in [0.15, 0.2) is 11.5 Å². The summed E-state index contributed by atoms with van der Waals surface area (Å²) in [5.41, 5.74) is 5.37. The van der Waals surface area contributed by atoms with Gasteiger partial charge in [0.1, 0.15) is 5.52 Å². The average molecular weight is 279 g/mol. The number of nitrogens with zero attached hydrogens (tertiary/aromatic N) is 1. The van der Waals surface area contributed by atoms with Crippen molar-refractivity contribution < 1.29 is 9.52 Å². The van der Waals surface area contributed by atoms with Gasteiger partial charge in [0, 0.05) is 0 Å². The maximum absolute atomic E-state index is 10.4. The molecule has 1 heterocycles. The van der Waals surface area contributed by atoms with Gasteiger partial charge < -0.3 is 9.52 Å². The summed E-state index contributed by atoms with van der Waals surface area (Å²) in [5, 5.41) is 10.4. The number of fused-ring (bicyclic) bond motifs is 2. The molecule has 4 rings (SSSR count). The minimum Gasteiger partial charge on any atom is -0.441 e. The molecular formula is C18H17NO2. The number of para-hydroxylation sites is 2. The SMILES string of the molecule is OC(Cc1nc2ccccc2o1)c1ccc2c(c1)CCC2. The molecule has 0 saturated carbocycles. The van der Waals surface area contributed by atoms with E-state index in [0.29, 0.717) is 12.3 Å². The minimum absolute atomic E-state index is 0.410. The molecule has 0 radical (unpaired) electrons. The van der Waals surface area contributed by atoms with E-state index in [1.807, 2.05) is 30.3 Å². The van der Waals surface area contributed by atoms with E-state index in [4.69, 9.17) is 4.42 Å². The maximum atomic E-state index is 10.4. The van der Waals surface area contributed by atoms with Gasteiger partial charge in [-0.25, -0.2) is 4.98 Å². The summed E-state index contributed by atoms with van der Waals surface area (Å²) in [4.78, 5) is 4.42.